The Balaban J connectivity index is 3.89. The molecule has 0 aliphatic rings. The molecular weight excluding hydrogens is 924 g/mol. The molecule has 0 saturated carbocycles. The molecule has 0 aromatic rings. The van der Waals surface area contributed by atoms with E-state index in [0.717, 1.165) is 38.5 Å². The van der Waals surface area contributed by atoms with Crippen molar-refractivity contribution >= 4 is 13.7 Å². The summed E-state index contributed by atoms with van der Waals surface area (Å²) in [5.74, 6) is -0.135. The third-order valence-corrected chi connectivity index (χ3v) is 16.6. The van der Waals surface area contributed by atoms with Gasteiger partial charge >= 0.3 is 7.82 Å². The van der Waals surface area contributed by atoms with Crippen molar-refractivity contribution in [3.63, 3.8) is 0 Å². The Hall–Kier alpha value is -0.500. The normalized spacial score (nSPS) is 13.7. The lowest BCUT2D eigenvalue weighted by molar-refractivity contribution is -0.870. The number of nitrogens with one attached hydrogen (secondary N) is 1. The van der Waals surface area contributed by atoms with Crippen LogP contribution in [0.5, 0.6) is 0 Å². The number of hydrogen-bond acceptors (Lipinski definition) is 5. The van der Waals surface area contributed by atoms with Gasteiger partial charge in [-0.1, -0.05) is 335 Å². The summed E-state index contributed by atoms with van der Waals surface area (Å²) >= 11 is 0. The molecule has 0 bridgehead atoms. The van der Waals surface area contributed by atoms with Gasteiger partial charge in [-0.05, 0) is 12.8 Å². The maximum atomic E-state index is 13.0. The van der Waals surface area contributed by atoms with Crippen molar-refractivity contribution in [3.8, 4) is 0 Å². The summed E-state index contributed by atoms with van der Waals surface area (Å²) in [6, 6.07) is -0.755. The summed E-state index contributed by atoms with van der Waals surface area (Å²) in [7, 11) is 1.64. The second kappa shape index (κ2) is 56.2. The van der Waals surface area contributed by atoms with Crippen LogP contribution in [0.15, 0.2) is 0 Å². The van der Waals surface area contributed by atoms with Crippen LogP contribution >= 0.6 is 7.82 Å². The Morgan fingerprint density at radius 1 is 0.411 bits per heavy atom. The van der Waals surface area contributed by atoms with Crippen LogP contribution < -0.4 is 5.32 Å². The van der Waals surface area contributed by atoms with E-state index in [1.165, 1.54) is 289 Å². The van der Waals surface area contributed by atoms with E-state index in [4.69, 9.17) is 9.05 Å². The van der Waals surface area contributed by atoms with E-state index in [1.54, 1.807) is 0 Å². The monoisotopic (exact) mass is 1060 g/mol. The number of unbranched alkanes of at least 4 members (excludes halogenated alkanes) is 49. The Labute approximate surface area is 457 Å². The second-order valence-electron chi connectivity index (χ2n) is 24.2. The quantitative estimate of drug-likeness (QED) is 0.0318. The highest BCUT2D eigenvalue weighted by Crippen LogP contribution is 2.43. The third-order valence-electron chi connectivity index (χ3n) is 15.6. The fourth-order valence-corrected chi connectivity index (χ4v) is 11.2. The highest BCUT2D eigenvalue weighted by Gasteiger charge is 2.28. The van der Waals surface area contributed by atoms with Crippen molar-refractivity contribution in [2.24, 2.45) is 0 Å². The van der Waals surface area contributed by atoms with Crippen LogP contribution in [-0.2, 0) is 18.4 Å². The standard InChI is InChI=1S/C64H131N2O6P/c1-6-8-10-12-14-16-18-20-22-24-25-26-27-28-29-30-31-32-33-34-35-36-37-38-39-40-41-42-44-46-48-50-52-54-56-58-64(68)65-62(61-72-73(69,70)71-60-59-66(3,4)5)63(67)57-55-53-51-49-47-45-43-23-21-19-17-15-13-11-9-7-2/h62-63,67H,6-61H2,1-5H3,(H-,65,68,69,70)/p+1/t62-,63+/m0/s1. The number of hydrogen-bond donors (Lipinski definition) is 3. The first-order valence-electron chi connectivity index (χ1n) is 32.9. The van der Waals surface area contributed by atoms with Gasteiger partial charge in [0, 0.05) is 6.42 Å². The topological polar surface area (TPSA) is 105 Å². The van der Waals surface area contributed by atoms with Gasteiger partial charge in [0.15, 0.2) is 0 Å². The maximum Gasteiger partial charge on any atom is 0.472 e. The molecule has 0 fully saturated rings. The van der Waals surface area contributed by atoms with Gasteiger partial charge in [-0.3, -0.25) is 13.8 Å². The Morgan fingerprint density at radius 2 is 0.658 bits per heavy atom. The smallest absolute Gasteiger partial charge is 0.391 e. The average molecular weight is 1060 g/mol. The molecule has 0 aromatic carbocycles. The van der Waals surface area contributed by atoms with Crippen molar-refractivity contribution in [2.75, 3.05) is 40.9 Å². The molecule has 438 valence electrons. The Kier molecular flexibility index (Phi) is 55.8. The molecule has 1 amide bonds. The molecule has 8 nitrogen and oxygen atoms in total. The summed E-state index contributed by atoms with van der Waals surface area (Å²) in [5, 5.41) is 14.1. The van der Waals surface area contributed by atoms with Gasteiger partial charge in [0.1, 0.15) is 13.2 Å². The molecule has 0 aliphatic heterocycles. The van der Waals surface area contributed by atoms with Crippen LogP contribution in [0.25, 0.3) is 0 Å². The van der Waals surface area contributed by atoms with Crippen LogP contribution in [0.2, 0.25) is 0 Å². The number of phosphoric acid groups is 1. The number of carbonyl (C=O) groups excluding carboxylic acids is 1. The number of rotatable bonds is 62. The number of amides is 1. The van der Waals surface area contributed by atoms with E-state index in [0.29, 0.717) is 23.9 Å². The van der Waals surface area contributed by atoms with Crippen molar-refractivity contribution in [1.82, 2.24) is 5.32 Å². The van der Waals surface area contributed by atoms with Crippen LogP contribution in [0.4, 0.5) is 0 Å². The SMILES string of the molecule is CCCCCCCCCCCCCCCCCCCCCCCCCCCCCCCCCCCCCC(=O)N[C@@H](COP(=O)(O)OCC[N+](C)(C)C)[C@H](O)CCCCCCCCCCCCCCCCCC. The largest absolute Gasteiger partial charge is 0.472 e. The molecule has 0 saturated heterocycles. The highest BCUT2D eigenvalue weighted by molar-refractivity contribution is 7.47. The zero-order valence-corrected chi connectivity index (χ0v) is 51.1. The lowest BCUT2D eigenvalue weighted by Crippen LogP contribution is -2.46. The molecule has 1 unspecified atom stereocenters. The van der Waals surface area contributed by atoms with Crippen LogP contribution in [-0.4, -0.2) is 73.4 Å². The molecule has 0 aromatic heterocycles. The molecule has 3 atom stereocenters. The van der Waals surface area contributed by atoms with Crippen molar-refractivity contribution < 1.29 is 32.9 Å². The average Bonchev–Trinajstić information content (AvgIpc) is 3.35. The molecular formula is C64H132N2O6P+. The minimum atomic E-state index is -4.32. The minimum absolute atomic E-state index is 0.0792. The number of quaternary nitrogens is 1. The van der Waals surface area contributed by atoms with E-state index in [9.17, 15) is 19.4 Å². The van der Waals surface area contributed by atoms with Gasteiger partial charge in [-0.25, -0.2) is 4.57 Å². The molecule has 0 heterocycles. The van der Waals surface area contributed by atoms with E-state index in [1.807, 2.05) is 21.1 Å². The zero-order valence-electron chi connectivity index (χ0n) is 50.2. The highest BCUT2D eigenvalue weighted by atomic mass is 31.2. The molecule has 0 aliphatic carbocycles. The zero-order chi connectivity index (χ0) is 53.5. The fourth-order valence-electron chi connectivity index (χ4n) is 10.5. The van der Waals surface area contributed by atoms with Gasteiger partial charge in [-0.2, -0.15) is 0 Å². The number of phosphoric ester groups is 1. The molecule has 0 spiro atoms. The lowest BCUT2D eigenvalue weighted by Gasteiger charge is -2.26. The number of likely N-dealkylation sites (N-methyl/N-ethyl adjacent to an activating group) is 1. The first-order chi connectivity index (χ1) is 35.5. The van der Waals surface area contributed by atoms with Gasteiger partial charge in [0.2, 0.25) is 5.91 Å². The Bertz CT molecular complexity index is 1150. The van der Waals surface area contributed by atoms with Crippen LogP contribution in [0.3, 0.4) is 0 Å². The molecule has 0 rings (SSSR count). The number of aliphatic hydroxyl groups excluding tert-OH is 1. The second-order valence-corrected chi connectivity index (χ2v) is 25.7. The molecule has 3 N–H and O–H groups in total. The molecule has 73 heavy (non-hydrogen) atoms. The van der Waals surface area contributed by atoms with Crippen LogP contribution in [0, 0.1) is 0 Å². The lowest BCUT2D eigenvalue weighted by atomic mass is 10.0. The van der Waals surface area contributed by atoms with E-state index < -0.39 is 20.0 Å². The predicted molar refractivity (Wildman–Crippen MR) is 319 cm³/mol. The van der Waals surface area contributed by atoms with Crippen LogP contribution in [0.1, 0.15) is 354 Å². The van der Waals surface area contributed by atoms with Crippen molar-refractivity contribution in [1.29, 1.82) is 0 Å². The van der Waals surface area contributed by atoms with Gasteiger partial charge in [-0.15, -0.1) is 0 Å². The maximum absolute atomic E-state index is 13.0. The van der Waals surface area contributed by atoms with Gasteiger partial charge in [0.25, 0.3) is 0 Å². The number of nitrogens with zero attached hydrogens (tertiary/aromatic N) is 1. The summed E-state index contributed by atoms with van der Waals surface area (Å²) in [4.78, 5) is 23.4. The van der Waals surface area contributed by atoms with Crippen molar-refractivity contribution in [3.05, 3.63) is 0 Å². The molecule has 9 heteroatoms. The van der Waals surface area contributed by atoms with E-state index in [-0.39, 0.29) is 19.1 Å². The van der Waals surface area contributed by atoms with E-state index in [2.05, 4.69) is 19.2 Å². The van der Waals surface area contributed by atoms with Crippen molar-refractivity contribution in [2.45, 2.75) is 366 Å². The number of aliphatic hydroxyl groups is 1. The van der Waals surface area contributed by atoms with E-state index >= 15 is 0 Å². The summed E-state index contributed by atoms with van der Waals surface area (Å²) in [6.45, 7) is 4.95. The number of carbonyl (C=O) groups is 1. The van der Waals surface area contributed by atoms with Gasteiger partial charge in [0.05, 0.1) is 39.9 Å². The fraction of sp³-hybridized carbons (Fsp3) is 0.984. The molecule has 0 radical (unpaired) electrons. The van der Waals surface area contributed by atoms with Gasteiger partial charge < -0.3 is 19.8 Å². The summed E-state index contributed by atoms with van der Waals surface area (Å²) in [5.41, 5.74) is 0. The third kappa shape index (κ3) is 59.0. The first-order valence-corrected chi connectivity index (χ1v) is 34.4. The summed E-state index contributed by atoms with van der Waals surface area (Å²) in [6.07, 6.45) is 69.2. The minimum Gasteiger partial charge on any atom is -0.391 e. The summed E-state index contributed by atoms with van der Waals surface area (Å²) < 4.78 is 23.8. The predicted octanol–water partition coefficient (Wildman–Crippen LogP) is 20.4. The Morgan fingerprint density at radius 3 is 0.918 bits per heavy atom. The first kappa shape index (κ1) is 72.5.